The van der Waals surface area contributed by atoms with Gasteiger partial charge in [-0.2, -0.15) is 0 Å². The molecular weight excluding hydrogens is 316 g/mol. The van der Waals surface area contributed by atoms with E-state index in [-0.39, 0.29) is 30.5 Å². The van der Waals surface area contributed by atoms with E-state index in [0.29, 0.717) is 5.82 Å². The normalized spacial score (nSPS) is 14.2. The lowest BCUT2D eigenvalue weighted by molar-refractivity contribution is -0.123. The monoisotopic (exact) mass is 331 g/mol. The summed E-state index contributed by atoms with van der Waals surface area (Å²) in [4.78, 5) is 29.9. The molecule has 2 heterocycles. The third-order valence-corrected chi connectivity index (χ3v) is 3.85. The molecule has 1 fully saturated rings. The van der Waals surface area contributed by atoms with Gasteiger partial charge in [-0.15, -0.1) is 0 Å². The summed E-state index contributed by atoms with van der Waals surface area (Å²) in [6, 6.07) is 8.30. The summed E-state index contributed by atoms with van der Waals surface area (Å²) in [7, 11) is 0. The smallest absolute Gasteiger partial charge is 0.254 e. The zero-order chi connectivity index (χ0) is 17.3. The Morgan fingerprint density at radius 1 is 1.17 bits per heavy atom. The van der Waals surface area contributed by atoms with Gasteiger partial charge in [0.05, 0.1) is 5.92 Å². The van der Waals surface area contributed by atoms with E-state index < -0.39 is 17.5 Å². The van der Waals surface area contributed by atoms with Gasteiger partial charge in [0.25, 0.3) is 5.91 Å². The van der Waals surface area contributed by atoms with Crippen LogP contribution in [0, 0.1) is 24.5 Å². The number of aryl methyl sites for hydroxylation is 1. The maximum Gasteiger partial charge on any atom is 0.254 e. The number of nitrogens with one attached hydrogen (secondary N) is 1. The Bertz CT molecular complexity index is 804. The molecule has 3 rings (SSSR count). The molecule has 0 atom stereocenters. The summed E-state index contributed by atoms with van der Waals surface area (Å²) in [6.07, 6.45) is 0. The molecule has 0 saturated carbocycles. The van der Waals surface area contributed by atoms with E-state index in [1.807, 2.05) is 13.0 Å². The largest absolute Gasteiger partial charge is 0.337 e. The number of hydrogen-bond acceptors (Lipinski definition) is 3. The molecule has 1 N–H and O–H groups in total. The summed E-state index contributed by atoms with van der Waals surface area (Å²) < 4.78 is 26.1. The number of benzene rings is 1. The average molecular weight is 331 g/mol. The fourth-order valence-corrected chi connectivity index (χ4v) is 2.46. The highest BCUT2D eigenvalue weighted by atomic mass is 19.2. The van der Waals surface area contributed by atoms with Crippen LogP contribution in [0.25, 0.3) is 0 Å². The van der Waals surface area contributed by atoms with Crippen molar-refractivity contribution in [2.45, 2.75) is 6.92 Å². The van der Waals surface area contributed by atoms with Gasteiger partial charge in [0.2, 0.25) is 5.91 Å². The van der Waals surface area contributed by atoms with Gasteiger partial charge in [0.15, 0.2) is 11.6 Å². The Morgan fingerprint density at radius 3 is 2.58 bits per heavy atom. The summed E-state index contributed by atoms with van der Waals surface area (Å²) in [5.41, 5.74) is 0.852. The number of rotatable bonds is 3. The number of hydrogen-bond donors (Lipinski definition) is 1. The predicted octanol–water partition coefficient (Wildman–Crippen LogP) is 2.38. The van der Waals surface area contributed by atoms with Crippen LogP contribution < -0.4 is 5.32 Å². The van der Waals surface area contributed by atoms with Crippen molar-refractivity contribution in [3.05, 3.63) is 59.3 Å². The average Bonchev–Trinajstić information content (AvgIpc) is 2.48. The number of carbonyl (C=O) groups excluding carboxylic acids is 2. The zero-order valence-electron chi connectivity index (χ0n) is 12.9. The molecule has 2 aromatic rings. The molecule has 1 aromatic heterocycles. The van der Waals surface area contributed by atoms with Crippen molar-refractivity contribution in [1.29, 1.82) is 0 Å². The maximum absolute atomic E-state index is 13.2. The van der Waals surface area contributed by atoms with Gasteiger partial charge in [-0.05, 0) is 37.3 Å². The van der Waals surface area contributed by atoms with Gasteiger partial charge in [0, 0.05) is 24.3 Å². The molecule has 0 spiro atoms. The highest BCUT2D eigenvalue weighted by molar-refractivity contribution is 5.98. The van der Waals surface area contributed by atoms with E-state index in [9.17, 15) is 18.4 Å². The predicted molar refractivity (Wildman–Crippen MR) is 83.4 cm³/mol. The number of nitrogens with zero attached hydrogens (tertiary/aromatic N) is 2. The fourth-order valence-electron chi connectivity index (χ4n) is 2.46. The summed E-state index contributed by atoms with van der Waals surface area (Å²) in [6.45, 7) is 2.28. The highest BCUT2D eigenvalue weighted by Gasteiger charge is 2.36. The molecule has 0 aliphatic carbocycles. The maximum atomic E-state index is 13.2. The second-order valence-corrected chi connectivity index (χ2v) is 5.69. The van der Waals surface area contributed by atoms with Crippen molar-refractivity contribution in [2.75, 3.05) is 18.4 Å². The first-order chi connectivity index (χ1) is 11.4. The lowest BCUT2D eigenvalue weighted by Gasteiger charge is -2.38. The van der Waals surface area contributed by atoms with E-state index in [4.69, 9.17) is 0 Å². The number of aromatic nitrogens is 1. The minimum atomic E-state index is -1.07. The van der Waals surface area contributed by atoms with Crippen LogP contribution in [0.1, 0.15) is 16.1 Å². The van der Waals surface area contributed by atoms with Crippen molar-refractivity contribution in [3.63, 3.8) is 0 Å². The first kappa shape index (κ1) is 16.0. The van der Waals surface area contributed by atoms with Crippen molar-refractivity contribution in [2.24, 2.45) is 5.92 Å². The Morgan fingerprint density at radius 2 is 1.92 bits per heavy atom. The number of carbonyl (C=O) groups is 2. The molecule has 1 aromatic carbocycles. The molecule has 0 unspecified atom stereocenters. The second-order valence-electron chi connectivity index (χ2n) is 5.69. The van der Waals surface area contributed by atoms with Crippen LogP contribution in [0.4, 0.5) is 14.6 Å². The van der Waals surface area contributed by atoms with E-state index in [1.165, 1.54) is 11.0 Å². The Hall–Kier alpha value is -2.83. The molecule has 124 valence electrons. The number of anilines is 1. The summed E-state index contributed by atoms with van der Waals surface area (Å²) >= 11 is 0. The van der Waals surface area contributed by atoms with Gasteiger partial charge in [-0.25, -0.2) is 13.8 Å². The molecule has 1 saturated heterocycles. The van der Waals surface area contributed by atoms with Crippen molar-refractivity contribution >= 4 is 17.6 Å². The van der Waals surface area contributed by atoms with Crippen LogP contribution in [0.5, 0.6) is 0 Å². The fraction of sp³-hybridized carbons (Fsp3) is 0.235. The number of amides is 2. The van der Waals surface area contributed by atoms with Gasteiger partial charge in [0.1, 0.15) is 5.82 Å². The first-order valence-corrected chi connectivity index (χ1v) is 7.43. The topological polar surface area (TPSA) is 62.3 Å². The first-order valence-electron chi connectivity index (χ1n) is 7.43. The van der Waals surface area contributed by atoms with Crippen molar-refractivity contribution in [1.82, 2.24) is 9.88 Å². The number of pyridine rings is 1. The molecule has 5 nitrogen and oxygen atoms in total. The van der Waals surface area contributed by atoms with Crippen LogP contribution in [0.15, 0.2) is 36.4 Å². The summed E-state index contributed by atoms with van der Waals surface area (Å²) in [5, 5.41) is 2.70. The van der Waals surface area contributed by atoms with Crippen LogP contribution in [-0.4, -0.2) is 34.8 Å². The van der Waals surface area contributed by atoms with E-state index >= 15 is 0 Å². The molecule has 24 heavy (non-hydrogen) atoms. The lowest BCUT2D eigenvalue weighted by atomic mass is 9.97. The molecule has 0 radical (unpaired) electrons. The zero-order valence-corrected chi connectivity index (χ0v) is 12.9. The van der Waals surface area contributed by atoms with Crippen LogP contribution >= 0.6 is 0 Å². The second kappa shape index (κ2) is 6.35. The van der Waals surface area contributed by atoms with Gasteiger partial charge in [-0.3, -0.25) is 9.59 Å². The highest BCUT2D eigenvalue weighted by Crippen LogP contribution is 2.21. The molecule has 2 amide bonds. The van der Waals surface area contributed by atoms with Gasteiger partial charge < -0.3 is 10.2 Å². The Kier molecular flexibility index (Phi) is 4.24. The summed E-state index contributed by atoms with van der Waals surface area (Å²) in [5.74, 6) is -2.60. The minimum absolute atomic E-state index is 0.0631. The van der Waals surface area contributed by atoms with Crippen molar-refractivity contribution in [3.8, 4) is 0 Å². The third kappa shape index (κ3) is 3.24. The molecule has 1 aliphatic rings. The quantitative estimate of drug-likeness (QED) is 0.939. The van der Waals surface area contributed by atoms with Crippen LogP contribution in [-0.2, 0) is 4.79 Å². The van der Waals surface area contributed by atoms with Crippen LogP contribution in [0.3, 0.4) is 0 Å². The van der Waals surface area contributed by atoms with Gasteiger partial charge in [-0.1, -0.05) is 6.07 Å². The Balaban J connectivity index is 1.57. The third-order valence-electron chi connectivity index (χ3n) is 3.85. The number of likely N-dealkylation sites (tertiary alicyclic amines) is 1. The van der Waals surface area contributed by atoms with E-state index in [0.717, 1.165) is 17.8 Å². The van der Waals surface area contributed by atoms with Crippen LogP contribution in [0.2, 0.25) is 0 Å². The molecule has 1 aliphatic heterocycles. The molecular formula is C17H15F2N3O2. The lowest BCUT2D eigenvalue weighted by Crippen LogP contribution is -2.54. The standard InChI is InChI=1S/C17H15F2N3O2/c1-10-3-2-4-15(20-10)21-16(23)12-8-22(9-12)17(24)11-5-6-13(18)14(19)7-11/h2-7,12H,8-9H2,1H3,(H,20,21,23). The minimum Gasteiger partial charge on any atom is -0.337 e. The number of halogens is 2. The van der Waals surface area contributed by atoms with E-state index in [2.05, 4.69) is 10.3 Å². The van der Waals surface area contributed by atoms with E-state index in [1.54, 1.807) is 12.1 Å². The van der Waals surface area contributed by atoms with Gasteiger partial charge >= 0.3 is 0 Å². The molecule has 0 bridgehead atoms. The van der Waals surface area contributed by atoms with Crippen molar-refractivity contribution < 1.29 is 18.4 Å². The Labute approximate surface area is 137 Å². The molecule has 7 heteroatoms. The SMILES string of the molecule is Cc1cccc(NC(=O)C2CN(C(=O)c3ccc(F)c(F)c3)C2)n1.